The number of nitrogens with zero attached hydrogens (tertiary/aromatic N) is 4. The van der Waals surface area contributed by atoms with Crippen LogP contribution in [0.2, 0.25) is 10.2 Å². The molecule has 0 saturated carbocycles. The lowest BCUT2D eigenvalue weighted by atomic mass is 10.3. The summed E-state index contributed by atoms with van der Waals surface area (Å²) < 4.78 is 1.91. The zero-order valence-electron chi connectivity index (χ0n) is 9.43. The number of rotatable bonds is 1. The minimum atomic E-state index is 0.385. The number of benzene rings is 1. The number of aromatic nitrogens is 4. The molecule has 0 amide bonds. The number of imidazole rings is 1. The average molecular weight is 279 g/mol. The van der Waals surface area contributed by atoms with Gasteiger partial charge in [0.05, 0.1) is 0 Å². The Balaban J connectivity index is 2.34. The van der Waals surface area contributed by atoms with Gasteiger partial charge in [-0.15, -0.1) is 0 Å². The maximum Gasteiger partial charge on any atom is 0.182 e. The molecule has 0 bridgehead atoms. The van der Waals surface area contributed by atoms with E-state index in [1.807, 2.05) is 35.8 Å². The van der Waals surface area contributed by atoms with Crippen LogP contribution >= 0.6 is 23.2 Å². The van der Waals surface area contributed by atoms with Crippen molar-refractivity contribution in [3.05, 3.63) is 46.6 Å². The Morgan fingerprint density at radius 2 is 1.78 bits per heavy atom. The van der Waals surface area contributed by atoms with Gasteiger partial charge in [-0.3, -0.25) is 4.57 Å². The molecule has 0 N–H and O–H groups in total. The standard InChI is InChI=1S/C12H8Cl2N4/c1-7-17-12-10(11(14)15-6-16-12)18(7)9-4-2-8(13)3-5-9/h2-6H,1H3. The molecule has 0 aliphatic heterocycles. The molecule has 0 atom stereocenters. The Kier molecular flexibility index (Phi) is 2.69. The van der Waals surface area contributed by atoms with Gasteiger partial charge in [0, 0.05) is 10.7 Å². The third-order valence-corrected chi connectivity index (χ3v) is 3.19. The summed E-state index contributed by atoms with van der Waals surface area (Å²) in [6, 6.07) is 7.44. The highest BCUT2D eigenvalue weighted by molar-refractivity contribution is 6.33. The molecule has 18 heavy (non-hydrogen) atoms. The summed E-state index contributed by atoms with van der Waals surface area (Å²) in [5, 5.41) is 1.07. The molecule has 0 unspecified atom stereocenters. The van der Waals surface area contributed by atoms with Gasteiger partial charge in [-0.1, -0.05) is 23.2 Å². The summed E-state index contributed by atoms with van der Waals surface area (Å²) >= 11 is 12.0. The van der Waals surface area contributed by atoms with Gasteiger partial charge >= 0.3 is 0 Å². The molecule has 2 aromatic heterocycles. The highest BCUT2D eigenvalue weighted by Gasteiger charge is 2.13. The van der Waals surface area contributed by atoms with Crippen LogP contribution in [-0.4, -0.2) is 19.5 Å². The molecule has 1 aromatic carbocycles. The van der Waals surface area contributed by atoms with E-state index in [4.69, 9.17) is 23.2 Å². The van der Waals surface area contributed by atoms with Crippen molar-refractivity contribution >= 4 is 34.4 Å². The molecule has 0 radical (unpaired) electrons. The molecule has 3 aromatic rings. The first-order valence-corrected chi connectivity index (χ1v) is 6.04. The monoisotopic (exact) mass is 278 g/mol. The Hall–Kier alpha value is -1.65. The Bertz CT molecular complexity index is 719. The molecular weight excluding hydrogens is 271 g/mol. The van der Waals surface area contributed by atoms with Crippen LogP contribution in [0.4, 0.5) is 0 Å². The highest BCUT2D eigenvalue weighted by Crippen LogP contribution is 2.25. The van der Waals surface area contributed by atoms with Crippen molar-refractivity contribution in [2.75, 3.05) is 0 Å². The number of fused-ring (bicyclic) bond motifs is 1. The van der Waals surface area contributed by atoms with E-state index < -0.39 is 0 Å². The van der Waals surface area contributed by atoms with E-state index in [9.17, 15) is 0 Å². The predicted molar refractivity (Wildman–Crippen MR) is 71.4 cm³/mol. The summed E-state index contributed by atoms with van der Waals surface area (Å²) in [5.41, 5.74) is 2.22. The van der Waals surface area contributed by atoms with E-state index in [2.05, 4.69) is 15.0 Å². The fraction of sp³-hybridized carbons (Fsp3) is 0.0833. The molecule has 4 nitrogen and oxygen atoms in total. The molecule has 3 rings (SSSR count). The van der Waals surface area contributed by atoms with Crippen molar-refractivity contribution in [1.82, 2.24) is 19.5 Å². The summed E-state index contributed by atoms with van der Waals surface area (Å²) in [6.07, 6.45) is 1.41. The van der Waals surface area contributed by atoms with Crippen LogP contribution in [0.5, 0.6) is 0 Å². The van der Waals surface area contributed by atoms with Crippen LogP contribution < -0.4 is 0 Å². The van der Waals surface area contributed by atoms with Gasteiger partial charge in [0.25, 0.3) is 0 Å². The van der Waals surface area contributed by atoms with Crippen LogP contribution in [0.15, 0.2) is 30.6 Å². The molecule has 0 aliphatic carbocycles. The molecular formula is C12H8Cl2N4. The van der Waals surface area contributed by atoms with E-state index in [1.165, 1.54) is 6.33 Å². The van der Waals surface area contributed by atoms with Crippen molar-refractivity contribution in [3.8, 4) is 5.69 Å². The lowest BCUT2D eigenvalue weighted by molar-refractivity contribution is 0.999. The second-order valence-corrected chi connectivity index (χ2v) is 4.60. The van der Waals surface area contributed by atoms with E-state index in [0.29, 0.717) is 21.3 Å². The molecule has 0 aliphatic rings. The van der Waals surface area contributed by atoms with Gasteiger partial charge in [0.15, 0.2) is 10.8 Å². The van der Waals surface area contributed by atoms with E-state index in [1.54, 1.807) is 0 Å². The highest BCUT2D eigenvalue weighted by atomic mass is 35.5. The quantitative estimate of drug-likeness (QED) is 0.641. The maximum atomic E-state index is 6.12. The molecule has 90 valence electrons. The van der Waals surface area contributed by atoms with Crippen LogP contribution in [0, 0.1) is 6.92 Å². The number of hydrogen-bond donors (Lipinski definition) is 0. The van der Waals surface area contributed by atoms with E-state index in [0.717, 1.165) is 11.5 Å². The molecule has 0 saturated heterocycles. The topological polar surface area (TPSA) is 43.6 Å². The summed E-state index contributed by atoms with van der Waals surface area (Å²) in [4.78, 5) is 12.5. The van der Waals surface area contributed by atoms with Gasteiger partial charge < -0.3 is 0 Å². The SMILES string of the molecule is Cc1nc2ncnc(Cl)c2n1-c1ccc(Cl)cc1. The van der Waals surface area contributed by atoms with Crippen LogP contribution in [0.3, 0.4) is 0 Å². The second kappa shape index (κ2) is 4.23. The van der Waals surface area contributed by atoms with Crippen molar-refractivity contribution in [2.24, 2.45) is 0 Å². The molecule has 6 heteroatoms. The Morgan fingerprint density at radius 3 is 2.50 bits per heavy atom. The van der Waals surface area contributed by atoms with E-state index in [-0.39, 0.29) is 0 Å². The van der Waals surface area contributed by atoms with Crippen molar-refractivity contribution < 1.29 is 0 Å². The lowest BCUT2D eigenvalue weighted by Crippen LogP contribution is -1.97. The largest absolute Gasteiger partial charge is 0.292 e. The van der Waals surface area contributed by atoms with Gasteiger partial charge in [0.1, 0.15) is 17.7 Å². The smallest absolute Gasteiger partial charge is 0.182 e. The van der Waals surface area contributed by atoms with Gasteiger partial charge in [-0.25, -0.2) is 15.0 Å². The maximum absolute atomic E-state index is 6.12. The normalized spacial score (nSPS) is 11.1. The first-order valence-electron chi connectivity index (χ1n) is 5.28. The fourth-order valence-electron chi connectivity index (χ4n) is 1.89. The van der Waals surface area contributed by atoms with Crippen molar-refractivity contribution in [1.29, 1.82) is 0 Å². The third-order valence-electron chi connectivity index (χ3n) is 2.66. The minimum absolute atomic E-state index is 0.385. The third kappa shape index (κ3) is 1.74. The van der Waals surface area contributed by atoms with Crippen LogP contribution in [0.1, 0.15) is 5.82 Å². The summed E-state index contributed by atoms with van der Waals surface area (Å²) in [7, 11) is 0. The van der Waals surface area contributed by atoms with Crippen molar-refractivity contribution in [3.63, 3.8) is 0 Å². The number of aryl methyl sites for hydroxylation is 1. The first kappa shape index (κ1) is 11.4. The minimum Gasteiger partial charge on any atom is -0.292 e. The summed E-state index contributed by atoms with van der Waals surface area (Å²) in [6.45, 7) is 1.90. The van der Waals surface area contributed by atoms with Crippen LogP contribution in [-0.2, 0) is 0 Å². The van der Waals surface area contributed by atoms with E-state index >= 15 is 0 Å². The Labute approximate surface area is 113 Å². The Morgan fingerprint density at radius 1 is 1.06 bits per heavy atom. The predicted octanol–water partition coefficient (Wildman–Crippen LogP) is 3.43. The van der Waals surface area contributed by atoms with Crippen molar-refractivity contribution in [2.45, 2.75) is 6.92 Å². The average Bonchev–Trinajstić information content (AvgIpc) is 2.68. The molecule has 0 fully saturated rings. The van der Waals surface area contributed by atoms with Gasteiger partial charge in [-0.2, -0.15) is 0 Å². The number of hydrogen-bond acceptors (Lipinski definition) is 3. The zero-order valence-corrected chi connectivity index (χ0v) is 10.9. The fourth-order valence-corrected chi connectivity index (χ4v) is 2.23. The van der Waals surface area contributed by atoms with Gasteiger partial charge in [0.2, 0.25) is 0 Å². The molecule has 2 heterocycles. The lowest BCUT2D eigenvalue weighted by Gasteiger charge is -2.07. The summed E-state index contributed by atoms with van der Waals surface area (Å²) in [5.74, 6) is 0.801. The van der Waals surface area contributed by atoms with Gasteiger partial charge in [-0.05, 0) is 31.2 Å². The van der Waals surface area contributed by atoms with Crippen LogP contribution in [0.25, 0.3) is 16.9 Å². The number of halogens is 2. The molecule has 0 spiro atoms. The second-order valence-electron chi connectivity index (χ2n) is 3.81. The zero-order chi connectivity index (χ0) is 12.7. The first-order chi connectivity index (χ1) is 8.66.